The highest BCUT2D eigenvalue weighted by atomic mass is 35.5. The second-order valence-electron chi connectivity index (χ2n) is 6.70. The number of likely N-dealkylation sites (tertiary alicyclic amines) is 1. The van der Waals surface area contributed by atoms with Crippen molar-refractivity contribution in [1.82, 2.24) is 20.4 Å². The fourth-order valence-corrected chi connectivity index (χ4v) is 2.87. The monoisotopic (exact) mass is 300 g/mol. The van der Waals surface area contributed by atoms with Crippen LogP contribution >= 0.6 is 12.4 Å². The van der Waals surface area contributed by atoms with Gasteiger partial charge >= 0.3 is 0 Å². The lowest BCUT2D eigenvalue weighted by atomic mass is 9.89. The molecule has 1 aromatic rings. The molecule has 5 heteroatoms. The third-order valence-corrected chi connectivity index (χ3v) is 4.03. The Hall–Kier alpha value is -0.580. The number of hydrogen-bond donors (Lipinski definition) is 2. The molecular formula is C15H29ClN4. The van der Waals surface area contributed by atoms with E-state index < -0.39 is 0 Å². The molecule has 1 atom stereocenters. The lowest BCUT2D eigenvalue weighted by molar-refractivity contribution is 0.338. The maximum atomic E-state index is 4.19. The van der Waals surface area contributed by atoms with Crippen molar-refractivity contribution in [3.63, 3.8) is 0 Å². The van der Waals surface area contributed by atoms with Crippen LogP contribution < -0.4 is 5.32 Å². The Morgan fingerprint density at radius 1 is 1.45 bits per heavy atom. The van der Waals surface area contributed by atoms with E-state index in [-0.39, 0.29) is 17.8 Å². The summed E-state index contributed by atoms with van der Waals surface area (Å²) in [7, 11) is 0. The van der Waals surface area contributed by atoms with Crippen LogP contribution in [0.3, 0.4) is 0 Å². The standard InChI is InChI=1S/C15H28N4.ClH/c1-5-19-7-6-12(11-19)8-16-9-13-10-17-18-14(13)15(2,3)4;/h10,12,16H,5-9,11H2,1-4H3,(H,17,18);1H. The van der Waals surface area contributed by atoms with Crippen LogP contribution in [0.4, 0.5) is 0 Å². The second-order valence-corrected chi connectivity index (χ2v) is 6.70. The first-order chi connectivity index (χ1) is 9.00. The van der Waals surface area contributed by atoms with Gasteiger partial charge < -0.3 is 10.2 Å². The predicted molar refractivity (Wildman–Crippen MR) is 86.5 cm³/mol. The van der Waals surface area contributed by atoms with E-state index in [0.29, 0.717) is 0 Å². The average molecular weight is 301 g/mol. The first kappa shape index (κ1) is 17.5. The zero-order valence-corrected chi connectivity index (χ0v) is 14.0. The highest BCUT2D eigenvalue weighted by Gasteiger charge is 2.22. The normalized spacial score (nSPS) is 20.1. The molecule has 1 aliphatic heterocycles. The predicted octanol–water partition coefficient (Wildman–Crippen LogP) is 2.56. The molecule has 20 heavy (non-hydrogen) atoms. The van der Waals surface area contributed by atoms with E-state index in [2.05, 4.69) is 48.1 Å². The largest absolute Gasteiger partial charge is 0.312 e. The summed E-state index contributed by atoms with van der Waals surface area (Å²) < 4.78 is 0. The summed E-state index contributed by atoms with van der Waals surface area (Å²) in [5, 5.41) is 10.9. The fraction of sp³-hybridized carbons (Fsp3) is 0.800. The molecule has 1 fully saturated rings. The summed E-state index contributed by atoms with van der Waals surface area (Å²) in [5.41, 5.74) is 2.69. The minimum Gasteiger partial charge on any atom is -0.312 e. The number of halogens is 1. The minimum atomic E-state index is 0. The first-order valence-electron chi connectivity index (χ1n) is 7.46. The van der Waals surface area contributed by atoms with Crippen LogP contribution in [-0.4, -0.2) is 41.3 Å². The van der Waals surface area contributed by atoms with Crippen molar-refractivity contribution < 1.29 is 0 Å². The van der Waals surface area contributed by atoms with Gasteiger partial charge in [-0.25, -0.2) is 0 Å². The Bertz CT molecular complexity index is 397. The van der Waals surface area contributed by atoms with Gasteiger partial charge in [-0.3, -0.25) is 5.10 Å². The number of hydrogen-bond acceptors (Lipinski definition) is 3. The van der Waals surface area contributed by atoms with E-state index in [4.69, 9.17) is 0 Å². The van der Waals surface area contributed by atoms with Gasteiger partial charge in [0, 0.05) is 29.8 Å². The molecule has 0 radical (unpaired) electrons. The first-order valence-corrected chi connectivity index (χ1v) is 7.46. The molecule has 1 unspecified atom stereocenters. The molecule has 1 saturated heterocycles. The molecule has 2 rings (SSSR count). The molecular weight excluding hydrogens is 272 g/mol. The maximum absolute atomic E-state index is 4.19. The molecule has 2 N–H and O–H groups in total. The molecule has 2 heterocycles. The van der Waals surface area contributed by atoms with Crippen molar-refractivity contribution in [1.29, 1.82) is 0 Å². The van der Waals surface area contributed by atoms with Gasteiger partial charge in [-0.05, 0) is 32.0 Å². The molecule has 116 valence electrons. The summed E-state index contributed by atoms with van der Waals surface area (Å²) in [5.74, 6) is 0.810. The van der Waals surface area contributed by atoms with E-state index >= 15 is 0 Å². The SMILES string of the molecule is CCN1CCC(CNCc2cn[nH]c2C(C)(C)C)C1.Cl. The van der Waals surface area contributed by atoms with Crippen LogP contribution in [0.2, 0.25) is 0 Å². The van der Waals surface area contributed by atoms with Crippen LogP contribution in [0.5, 0.6) is 0 Å². The zero-order valence-electron chi connectivity index (χ0n) is 13.2. The third kappa shape index (κ3) is 4.47. The smallest absolute Gasteiger partial charge is 0.0535 e. The van der Waals surface area contributed by atoms with E-state index in [1.807, 2.05) is 6.20 Å². The van der Waals surface area contributed by atoms with Crippen LogP contribution in [0.25, 0.3) is 0 Å². The number of nitrogens with one attached hydrogen (secondary N) is 2. The summed E-state index contributed by atoms with van der Waals surface area (Å²) in [6, 6.07) is 0. The van der Waals surface area contributed by atoms with E-state index in [9.17, 15) is 0 Å². The average Bonchev–Trinajstić information content (AvgIpc) is 2.96. The van der Waals surface area contributed by atoms with Crippen LogP contribution in [0, 0.1) is 5.92 Å². The Labute approximate surface area is 129 Å². The highest BCUT2D eigenvalue weighted by Crippen LogP contribution is 2.23. The number of H-pyrrole nitrogens is 1. The quantitative estimate of drug-likeness (QED) is 0.878. The van der Waals surface area contributed by atoms with Gasteiger partial charge in [-0.15, -0.1) is 12.4 Å². The molecule has 0 bridgehead atoms. The van der Waals surface area contributed by atoms with Gasteiger partial charge in [0.1, 0.15) is 0 Å². The number of aromatic amines is 1. The van der Waals surface area contributed by atoms with Gasteiger partial charge in [0.05, 0.1) is 6.20 Å². The zero-order chi connectivity index (χ0) is 13.9. The van der Waals surface area contributed by atoms with Crippen molar-refractivity contribution in [2.24, 2.45) is 5.92 Å². The topological polar surface area (TPSA) is 44.0 Å². The third-order valence-electron chi connectivity index (χ3n) is 4.03. The Morgan fingerprint density at radius 2 is 2.20 bits per heavy atom. The van der Waals surface area contributed by atoms with Gasteiger partial charge in [-0.2, -0.15) is 5.10 Å². The van der Waals surface area contributed by atoms with Crippen molar-refractivity contribution in [2.45, 2.75) is 46.1 Å². The minimum absolute atomic E-state index is 0. The molecule has 0 saturated carbocycles. The Balaban J connectivity index is 0.00000200. The Morgan fingerprint density at radius 3 is 2.80 bits per heavy atom. The van der Waals surface area contributed by atoms with E-state index in [0.717, 1.165) is 19.0 Å². The van der Waals surface area contributed by atoms with Gasteiger partial charge in [0.2, 0.25) is 0 Å². The lowest BCUT2D eigenvalue weighted by Crippen LogP contribution is -2.27. The molecule has 1 aromatic heterocycles. The second kappa shape index (κ2) is 7.43. The van der Waals surface area contributed by atoms with Gasteiger partial charge in [0.15, 0.2) is 0 Å². The summed E-state index contributed by atoms with van der Waals surface area (Å²) in [6.07, 6.45) is 3.29. The highest BCUT2D eigenvalue weighted by molar-refractivity contribution is 5.85. The lowest BCUT2D eigenvalue weighted by Gasteiger charge is -2.19. The van der Waals surface area contributed by atoms with Crippen LogP contribution in [-0.2, 0) is 12.0 Å². The number of aromatic nitrogens is 2. The van der Waals surface area contributed by atoms with Gasteiger partial charge in [0.25, 0.3) is 0 Å². The maximum Gasteiger partial charge on any atom is 0.0535 e. The van der Waals surface area contributed by atoms with Crippen molar-refractivity contribution in [3.05, 3.63) is 17.5 Å². The molecule has 0 amide bonds. The van der Waals surface area contributed by atoms with E-state index in [1.54, 1.807) is 0 Å². The molecule has 0 spiro atoms. The summed E-state index contributed by atoms with van der Waals surface area (Å²) in [4.78, 5) is 2.53. The van der Waals surface area contributed by atoms with Crippen LogP contribution in [0.15, 0.2) is 6.20 Å². The Kier molecular flexibility index (Phi) is 6.49. The van der Waals surface area contributed by atoms with Gasteiger partial charge in [-0.1, -0.05) is 27.7 Å². The molecule has 0 aromatic carbocycles. The van der Waals surface area contributed by atoms with Crippen molar-refractivity contribution >= 4 is 12.4 Å². The summed E-state index contributed by atoms with van der Waals surface area (Å²) in [6.45, 7) is 14.7. The van der Waals surface area contributed by atoms with Crippen molar-refractivity contribution in [3.8, 4) is 0 Å². The number of rotatable bonds is 5. The molecule has 4 nitrogen and oxygen atoms in total. The van der Waals surface area contributed by atoms with Crippen LogP contribution in [0.1, 0.15) is 45.4 Å². The van der Waals surface area contributed by atoms with E-state index in [1.165, 1.54) is 37.3 Å². The van der Waals surface area contributed by atoms with Crippen molar-refractivity contribution in [2.75, 3.05) is 26.2 Å². The molecule has 1 aliphatic rings. The summed E-state index contributed by atoms with van der Waals surface area (Å²) >= 11 is 0. The number of nitrogens with zero attached hydrogens (tertiary/aromatic N) is 2. The molecule has 0 aliphatic carbocycles. The fourth-order valence-electron chi connectivity index (χ4n) is 2.87.